The molecule has 0 saturated carbocycles. The monoisotopic (exact) mass is 351 g/mol. The fraction of sp³-hybridized carbons (Fsp3) is 0.300. The SMILES string of the molecule is O=C(N[C@@H]1COCC[C@H]1OCc1ccccn1)c1ccc2[nH]ccc2c1. The van der Waals surface area contributed by atoms with Crippen molar-refractivity contribution in [3.63, 3.8) is 0 Å². The van der Waals surface area contributed by atoms with Gasteiger partial charge in [-0.25, -0.2) is 0 Å². The summed E-state index contributed by atoms with van der Waals surface area (Å²) in [5.41, 5.74) is 2.52. The van der Waals surface area contributed by atoms with Crippen LogP contribution in [-0.2, 0) is 16.1 Å². The van der Waals surface area contributed by atoms with Crippen molar-refractivity contribution in [1.29, 1.82) is 0 Å². The number of ether oxygens (including phenoxy) is 2. The van der Waals surface area contributed by atoms with Gasteiger partial charge in [-0.2, -0.15) is 0 Å². The van der Waals surface area contributed by atoms with Crippen molar-refractivity contribution in [2.24, 2.45) is 0 Å². The number of carbonyl (C=O) groups is 1. The van der Waals surface area contributed by atoms with E-state index < -0.39 is 0 Å². The van der Waals surface area contributed by atoms with E-state index in [1.807, 2.05) is 48.7 Å². The van der Waals surface area contributed by atoms with Crippen molar-refractivity contribution >= 4 is 16.8 Å². The number of benzene rings is 1. The predicted molar refractivity (Wildman–Crippen MR) is 97.8 cm³/mol. The van der Waals surface area contributed by atoms with Crippen LogP contribution in [0.15, 0.2) is 54.9 Å². The zero-order valence-corrected chi connectivity index (χ0v) is 14.4. The normalized spacial score (nSPS) is 20.2. The summed E-state index contributed by atoms with van der Waals surface area (Å²) in [6, 6.07) is 13.1. The number of carbonyl (C=O) groups excluding carboxylic acids is 1. The molecule has 134 valence electrons. The van der Waals surface area contributed by atoms with Crippen molar-refractivity contribution in [1.82, 2.24) is 15.3 Å². The first kappa shape index (κ1) is 16.8. The van der Waals surface area contributed by atoms with Gasteiger partial charge in [-0.1, -0.05) is 6.07 Å². The number of aromatic amines is 1. The molecule has 1 aliphatic heterocycles. The molecular weight excluding hydrogens is 330 g/mol. The number of rotatable bonds is 5. The highest BCUT2D eigenvalue weighted by atomic mass is 16.5. The number of H-pyrrole nitrogens is 1. The van der Waals surface area contributed by atoms with E-state index >= 15 is 0 Å². The maximum Gasteiger partial charge on any atom is 0.251 e. The molecule has 2 atom stereocenters. The van der Waals surface area contributed by atoms with Crippen LogP contribution < -0.4 is 5.32 Å². The van der Waals surface area contributed by atoms with Crippen LogP contribution in [0.2, 0.25) is 0 Å². The van der Waals surface area contributed by atoms with E-state index in [4.69, 9.17) is 9.47 Å². The molecule has 0 unspecified atom stereocenters. The molecule has 1 saturated heterocycles. The van der Waals surface area contributed by atoms with E-state index in [0.717, 1.165) is 23.0 Å². The van der Waals surface area contributed by atoms with Gasteiger partial charge in [-0.05, 0) is 42.8 Å². The van der Waals surface area contributed by atoms with Crippen LogP contribution in [0.4, 0.5) is 0 Å². The van der Waals surface area contributed by atoms with Crippen LogP contribution in [0, 0.1) is 0 Å². The van der Waals surface area contributed by atoms with Gasteiger partial charge in [0.05, 0.1) is 31.1 Å². The lowest BCUT2D eigenvalue weighted by Gasteiger charge is -2.32. The Morgan fingerprint density at radius 1 is 1.31 bits per heavy atom. The van der Waals surface area contributed by atoms with E-state index in [1.165, 1.54) is 0 Å². The molecule has 1 amide bonds. The van der Waals surface area contributed by atoms with E-state index in [9.17, 15) is 4.79 Å². The van der Waals surface area contributed by atoms with Crippen molar-refractivity contribution < 1.29 is 14.3 Å². The van der Waals surface area contributed by atoms with Gasteiger partial charge in [0.1, 0.15) is 0 Å². The highest BCUT2D eigenvalue weighted by Crippen LogP contribution is 2.17. The number of amides is 1. The molecule has 4 rings (SSSR count). The largest absolute Gasteiger partial charge is 0.379 e. The lowest BCUT2D eigenvalue weighted by Crippen LogP contribution is -2.50. The number of hydrogen-bond donors (Lipinski definition) is 2. The summed E-state index contributed by atoms with van der Waals surface area (Å²) in [7, 11) is 0. The molecule has 1 fully saturated rings. The third-order valence-corrected chi connectivity index (χ3v) is 4.60. The van der Waals surface area contributed by atoms with Gasteiger partial charge in [-0.3, -0.25) is 9.78 Å². The molecule has 1 aromatic carbocycles. The summed E-state index contributed by atoms with van der Waals surface area (Å²) in [5, 5.41) is 4.07. The molecule has 0 spiro atoms. The minimum Gasteiger partial charge on any atom is -0.379 e. The average molecular weight is 351 g/mol. The fourth-order valence-electron chi connectivity index (χ4n) is 3.17. The summed E-state index contributed by atoms with van der Waals surface area (Å²) in [5.74, 6) is -0.116. The molecule has 1 aliphatic rings. The van der Waals surface area contributed by atoms with Gasteiger partial charge in [0, 0.05) is 35.5 Å². The van der Waals surface area contributed by atoms with Gasteiger partial charge in [0.15, 0.2) is 0 Å². The minimum atomic E-state index is -0.179. The molecule has 0 radical (unpaired) electrons. The molecule has 6 nitrogen and oxygen atoms in total. The molecular formula is C20H21N3O3. The summed E-state index contributed by atoms with van der Waals surface area (Å²) in [4.78, 5) is 20.1. The van der Waals surface area contributed by atoms with Crippen molar-refractivity contribution in [3.05, 3.63) is 66.1 Å². The summed E-state index contributed by atoms with van der Waals surface area (Å²) in [6.45, 7) is 1.51. The van der Waals surface area contributed by atoms with Crippen LogP contribution in [0.3, 0.4) is 0 Å². The smallest absolute Gasteiger partial charge is 0.251 e. The number of hydrogen-bond acceptors (Lipinski definition) is 4. The number of pyridine rings is 1. The lowest BCUT2D eigenvalue weighted by molar-refractivity contribution is -0.0612. The highest BCUT2D eigenvalue weighted by Gasteiger charge is 2.28. The van der Waals surface area contributed by atoms with E-state index in [1.54, 1.807) is 6.20 Å². The Kier molecular flexibility index (Phi) is 4.95. The number of fused-ring (bicyclic) bond motifs is 1. The predicted octanol–water partition coefficient (Wildman–Crippen LogP) is 2.67. The third-order valence-electron chi connectivity index (χ3n) is 4.60. The molecule has 6 heteroatoms. The number of nitrogens with zero attached hydrogens (tertiary/aromatic N) is 1. The standard InChI is InChI=1S/C20H21N3O3/c24-20(15-4-5-17-14(11-15)6-9-22-17)23-18-13-25-10-7-19(18)26-12-16-3-1-2-8-21-16/h1-6,8-9,11,18-19,22H,7,10,12-13H2,(H,23,24)/t18-,19-/m1/s1. The van der Waals surface area contributed by atoms with Crippen molar-refractivity contribution in [2.75, 3.05) is 13.2 Å². The maximum absolute atomic E-state index is 12.7. The number of nitrogens with one attached hydrogen (secondary N) is 2. The average Bonchev–Trinajstić information content (AvgIpc) is 3.16. The molecule has 2 aromatic heterocycles. The second-order valence-electron chi connectivity index (χ2n) is 6.39. The Hall–Kier alpha value is -2.70. The molecule has 3 heterocycles. The van der Waals surface area contributed by atoms with Crippen LogP contribution in [0.25, 0.3) is 10.9 Å². The highest BCUT2D eigenvalue weighted by molar-refractivity contribution is 5.98. The first-order valence-electron chi connectivity index (χ1n) is 8.77. The quantitative estimate of drug-likeness (QED) is 0.741. The second-order valence-corrected chi connectivity index (χ2v) is 6.39. The fourth-order valence-corrected chi connectivity index (χ4v) is 3.17. The van der Waals surface area contributed by atoms with E-state index in [-0.39, 0.29) is 18.1 Å². The summed E-state index contributed by atoms with van der Waals surface area (Å²) >= 11 is 0. The van der Waals surface area contributed by atoms with Gasteiger partial charge in [0.25, 0.3) is 5.91 Å². The van der Waals surface area contributed by atoms with Gasteiger partial charge in [0.2, 0.25) is 0 Å². The van der Waals surface area contributed by atoms with E-state index in [0.29, 0.717) is 25.4 Å². The Labute approximate surface area is 151 Å². The van der Waals surface area contributed by atoms with Gasteiger partial charge in [-0.15, -0.1) is 0 Å². The van der Waals surface area contributed by atoms with Crippen molar-refractivity contribution in [3.8, 4) is 0 Å². The van der Waals surface area contributed by atoms with Crippen LogP contribution in [-0.4, -0.2) is 41.2 Å². The Balaban J connectivity index is 1.41. The zero-order chi connectivity index (χ0) is 17.8. The van der Waals surface area contributed by atoms with E-state index in [2.05, 4.69) is 15.3 Å². The zero-order valence-electron chi connectivity index (χ0n) is 14.4. The molecule has 0 aliphatic carbocycles. The third kappa shape index (κ3) is 3.76. The number of aromatic nitrogens is 2. The van der Waals surface area contributed by atoms with Crippen LogP contribution in [0.1, 0.15) is 22.5 Å². The maximum atomic E-state index is 12.7. The summed E-state index contributed by atoms with van der Waals surface area (Å²) < 4.78 is 11.6. The van der Waals surface area contributed by atoms with Crippen LogP contribution in [0.5, 0.6) is 0 Å². The minimum absolute atomic E-state index is 0.0919. The van der Waals surface area contributed by atoms with Gasteiger partial charge < -0.3 is 19.8 Å². The first-order chi connectivity index (χ1) is 12.8. The Morgan fingerprint density at radius 2 is 2.27 bits per heavy atom. The van der Waals surface area contributed by atoms with Crippen molar-refractivity contribution in [2.45, 2.75) is 25.2 Å². The topological polar surface area (TPSA) is 76.2 Å². The molecule has 0 bridgehead atoms. The summed E-state index contributed by atoms with van der Waals surface area (Å²) in [6.07, 6.45) is 4.27. The molecule has 26 heavy (non-hydrogen) atoms. The Morgan fingerprint density at radius 3 is 3.15 bits per heavy atom. The molecule has 3 aromatic rings. The lowest BCUT2D eigenvalue weighted by atomic mass is 10.1. The Bertz CT molecular complexity index is 878. The van der Waals surface area contributed by atoms with Gasteiger partial charge >= 0.3 is 0 Å². The molecule has 2 N–H and O–H groups in total. The second kappa shape index (κ2) is 7.68. The van der Waals surface area contributed by atoms with Crippen LogP contribution >= 0.6 is 0 Å². The first-order valence-corrected chi connectivity index (χ1v) is 8.77.